The van der Waals surface area contributed by atoms with Crippen molar-refractivity contribution in [1.82, 2.24) is 15.1 Å². The number of hydrogen-bond donors (Lipinski definition) is 3. The molecule has 2 heterocycles. The number of aromatic nitrogens is 3. The minimum absolute atomic E-state index is 0.102. The van der Waals surface area contributed by atoms with E-state index >= 15 is 0 Å². The first-order valence-electron chi connectivity index (χ1n) is 6.29. The van der Waals surface area contributed by atoms with Gasteiger partial charge >= 0.3 is 0 Å². The van der Waals surface area contributed by atoms with Gasteiger partial charge in [0.25, 0.3) is 5.89 Å². The zero-order valence-electron chi connectivity index (χ0n) is 10.7. The lowest BCUT2D eigenvalue weighted by molar-refractivity contribution is 0.311. The molecule has 0 amide bonds. The zero-order chi connectivity index (χ0) is 13.8. The summed E-state index contributed by atoms with van der Waals surface area (Å²) in [7, 11) is 0. The zero-order valence-corrected chi connectivity index (χ0v) is 10.7. The van der Waals surface area contributed by atoms with Crippen molar-refractivity contribution in [1.29, 1.82) is 0 Å². The van der Waals surface area contributed by atoms with Gasteiger partial charge in [0.2, 0.25) is 5.82 Å². The molecule has 0 aliphatic rings. The van der Waals surface area contributed by atoms with Crippen molar-refractivity contribution >= 4 is 5.69 Å². The quantitative estimate of drug-likeness (QED) is 0.661. The number of benzene rings is 1. The van der Waals surface area contributed by atoms with Gasteiger partial charge < -0.3 is 19.9 Å². The lowest BCUT2D eigenvalue weighted by Crippen LogP contribution is -2.04. The number of nitrogens with one attached hydrogen (secondary N) is 2. The predicted octanol–water partition coefficient (Wildman–Crippen LogP) is 2.14. The molecule has 0 atom stereocenters. The molecule has 1 aromatic carbocycles. The molecule has 20 heavy (non-hydrogen) atoms. The van der Waals surface area contributed by atoms with E-state index in [1.54, 1.807) is 0 Å². The molecular weight excluding hydrogens is 256 g/mol. The summed E-state index contributed by atoms with van der Waals surface area (Å²) in [6, 6.07) is 11.4. The van der Waals surface area contributed by atoms with Crippen LogP contribution in [0.3, 0.4) is 0 Å². The van der Waals surface area contributed by atoms with Crippen LogP contribution in [0.1, 0.15) is 0 Å². The number of aliphatic hydroxyl groups is 1. The van der Waals surface area contributed by atoms with Crippen molar-refractivity contribution < 1.29 is 9.63 Å². The van der Waals surface area contributed by atoms with E-state index in [0.717, 1.165) is 16.9 Å². The van der Waals surface area contributed by atoms with Crippen molar-refractivity contribution in [2.45, 2.75) is 0 Å². The molecule has 6 nitrogen and oxygen atoms in total. The van der Waals surface area contributed by atoms with Crippen LogP contribution in [0.5, 0.6) is 0 Å². The fourth-order valence-electron chi connectivity index (χ4n) is 1.85. The third kappa shape index (κ3) is 2.55. The summed E-state index contributed by atoms with van der Waals surface area (Å²) in [5, 5.41) is 15.8. The fourth-order valence-corrected chi connectivity index (χ4v) is 1.85. The minimum Gasteiger partial charge on any atom is -0.395 e. The Morgan fingerprint density at radius 2 is 2.05 bits per heavy atom. The summed E-state index contributed by atoms with van der Waals surface area (Å²) in [5.74, 6) is 1.01. The number of rotatable bonds is 5. The molecule has 0 aliphatic carbocycles. The molecule has 3 N–H and O–H groups in total. The lowest BCUT2D eigenvalue weighted by Gasteiger charge is -2.03. The maximum Gasteiger partial charge on any atom is 0.258 e. The normalized spacial score (nSPS) is 10.7. The molecule has 3 rings (SSSR count). The lowest BCUT2D eigenvalue weighted by atomic mass is 10.2. The van der Waals surface area contributed by atoms with E-state index in [4.69, 9.17) is 9.63 Å². The molecule has 2 aromatic heterocycles. The average molecular weight is 270 g/mol. The Morgan fingerprint density at radius 1 is 1.20 bits per heavy atom. The molecule has 0 spiro atoms. The van der Waals surface area contributed by atoms with Crippen LogP contribution in [0.25, 0.3) is 23.0 Å². The van der Waals surface area contributed by atoms with Crippen LogP contribution < -0.4 is 5.32 Å². The number of nitrogens with zero attached hydrogens (tertiary/aromatic N) is 2. The highest BCUT2D eigenvalue weighted by Gasteiger charge is 2.10. The first kappa shape index (κ1) is 12.4. The Balaban J connectivity index is 1.79. The molecule has 0 saturated heterocycles. The summed E-state index contributed by atoms with van der Waals surface area (Å²) in [6.07, 6.45) is 1.81. The summed E-state index contributed by atoms with van der Waals surface area (Å²) >= 11 is 0. The Kier molecular flexibility index (Phi) is 3.47. The Morgan fingerprint density at radius 3 is 2.75 bits per heavy atom. The largest absolute Gasteiger partial charge is 0.395 e. The van der Waals surface area contributed by atoms with Gasteiger partial charge in [0.1, 0.15) is 0 Å². The first-order chi connectivity index (χ1) is 9.86. The van der Waals surface area contributed by atoms with Crippen molar-refractivity contribution in [2.24, 2.45) is 0 Å². The molecule has 0 bridgehead atoms. The second-order valence-electron chi connectivity index (χ2n) is 4.23. The minimum atomic E-state index is 0.102. The summed E-state index contributed by atoms with van der Waals surface area (Å²) in [4.78, 5) is 7.38. The van der Waals surface area contributed by atoms with Crippen molar-refractivity contribution in [2.75, 3.05) is 18.5 Å². The van der Waals surface area contributed by atoms with Gasteiger partial charge in [0.15, 0.2) is 0 Å². The molecule has 6 heteroatoms. The molecular formula is C14H14N4O2. The van der Waals surface area contributed by atoms with Crippen LogP contribution in [0.2, 0.25) is 0 Å². The molecule has 0 aliphatic heterocycles. The molecule has 3 aromatic rings. The van der Waals surface area contributed by atoms with Crippen molar-refractivity contribution in [3.8, 4) is 23.0 Å². The van der Waals surface area contributed by atoms with Gasteiger partial charge in [-0.1, -0.05) is 5.16 Å². The molecule has 102 valence electrons. The smallest absolute Gasteiger partial charge is 0.258 e. The average Bonchev–Trinajstić information content (AvgIpc) is 3.16. The number of H-pyrrole nitrogens is 1. The topological polar surface area (TPSA) is 87.0 Å². The van der Waals surface area contributed by atoms with E-state index in [2.05, 4.69) is 20.4 Å². The number of aromatic amines is 1. The highest BCUT2D eigenvalue weighted by Crippen LogP contribution is 2.22. The Bertz CT molecular complexity index is 659. The van der Waals surface area contributed by atoms with E-state index in [9.17, 15) is 0 Å². The van der Waals surface area contributed by atoms with E-state index in [1.165, 1.54) is 0 Å². The van der Waals surface area contributed by atoms with Crippen LogP contribution in [0, 0.1) is 0 Å². The van der Waals surface area contributed by atoms with Gasteiger partial charge in [-0.05, 0) is 36.4 Å². The van der Waals surface area contributed by atoms with Gasteiger partial charge in [-0.3, -0.25) is 0 Å². The highest BCUT2D eigenvalue weighted by molar-refractivity contribution is 5.60. The summed E-state index contributed by atoms with van der Waals surface area (Å²) < 4.78 is 5.25. The van der Waals surface area contributed by atoms with Gasteiger partial charge in [0, 0.05) is 24.0 Å². The van der Waals surface area contributed by atoms with E-state index in [-0.39, 0.29) is 6.61 Å². The van der Waals surface area contributed by atoms with Gasteiger partial charge in [-0.2, -0.15) is 4.98 Å². The van der Waals surface area contributed by atoms with Crippen LogP contribution in [0.15, 0.2) is 47.1 Å². The van der Waals surface area contributed by atoms with E-state index < -0.39 is 0 Å². The van der Waals surface area contributed by atoms with Crippen molar-refractivity contribution in [3.63, 3.8) is 0 Å². The number of anilines is 1. The fraction of sp³-hybridized carbons (Fsp3) is 0.143. The van der Waals surface area contributed by atoms with Crippen LogP contribution in [0.4, 0.5) is 5.69 Å². The highest BCUT2D eigenvalue weighted by atomic mass is 16.5. The van der Waals surface area contributed by atoms with Crippen LogP contribution in [-0.2, 0) is 0 Å². The SMILES string of the molecule is OCCNc1ccc(-c2nc(-c3ccc[nH]3)no2)cc1. The van der Waals surface area contributed by atoms with Gasteiger partial charge in [-0.25, -0.2) is 0 Å². The molecule has 0 fully saturated rings. The first-order valence-corrected chi connectivity index (χ1v) is 6.29. The second-order valence-corrected chi connectivity index (χ2v) is 4.23. The molecule has 0 radical (unpaired) electrons. The Labute approximate surface area is 115 Å². The summed E-state index contributed by atoms with van der Waals surface area (Å²) in [6.45, 7) is 0.627. The third-order valence-electron chi connectivity index (χ3n) is 2.84. The maximum atomic E-state index is 8.75. The maximum absolute atomic E-state index is 8.75. The molecule has 0 saturated carbocycles. The third-order valence-corrected chi connectivity index (χ3v) is 2.84. The standard InChI is InChI=1S/C14H14N4O2/c19-9-8-15-11-5-3-10(4-6-11)14-17-13(18-20-14)12-2-1-7-16-12/h1-7,15-16,19H,8-9H2. The monoisotopic (exact) mass is 270 g/mol. The Hall–Kier alpha value is -2.60. The van der Waals surface area contributed by atoms with E-state index in [1.807, 2.05) is 42.6 Å². The second kappa shape index (κ2) is 5.58. The summed E-state index contributed by atoms with van der Waals surface area (Å²) in [5.41, 5.74) is 2.61. The van der Waals surface area contributed by atoms with Crippen molar-refractivity contribution in [3.05, 3.63) is 42.6 Å². The predicted molar refractivity (Wildman–Crippen MR) is 75.1 cm³/mol. The molecule has 0 unspecified atom stereocenters. The number of hydrogen-bond acceptors (Lipinski definition) is 5. The van der Waals surface area contributed by atoms with Crippen LogP contribution in [-0.4, -0.2) is 33.4 Å². The van der Waals surface area contributed by atoms with E-state index in [0.29, 0.717) is 18.3 Å². The number of aliphatic hydroxyl groups excluding tert-OH is 1. The van der Waals surface area contributed by atoms with Gasteiger partial charge in [0.05, 0.1) is 12.3 Å². The van der Waals surface area contributed by atoms with Crippen LogP contribution >= 0.6 is 0 Å². The van der Waals surface area contributed by atoms with Gasteiger partial charge in [-0.15, -0.1) is 0 Å².